The maximum atomic E-state index is 12.8. The largest absolute Gasteiger partial charge is 0.472 e. The van der Waals surface area contributed by atoms with Gasteiger partial charge in [-0.25, -0.2) is 8.42 Å². The van der Waals surface area contributed by atoms with Gasteiger partial charge >= 0.3 is 0 Å². The highest BCUT2D eigenvalue weighted by atomic mass is 32.2. The van der Waals surface area contributed by atoms with Crippen LogP contribution in [0.2, 0.25) is 0 Å². The van der Waals surface area contributed by atoms with Crippen molar-refractivity contribution < 1.29 is 17.6 Å². The summed E-state index contributed by atoms with van der Waals surface area (Å²) in [5, 5.41) is 2.67. The molecule has 6 nitrogen and oxygen atoms in total. The number of carbonyl (C=O) groups is 1. The zero-order valence-electron chi connectivity index (χ0n) is 14.3. The summed E-state index contributed by atoms with van der Waals surface area (Å²) in [5.41, 5.74) is 2.74. The van der Waals surface area contributed by atoms with Crippen LogP contribution in [0, 0.1) is 13.8 Å². The number of rotatable bonds is 5. The van der Waals surface area contributed by atoms with E-state index in [0.717, 1.165) is 5.56 Å². The monoisotopic (exact) mass is 370 g/mol. The van der Waals surface area contributed by atoms with Gasteiger partial charge in [-0.2, -0.15) is 0 Å². The van der Waals surface area contributed by atoms with Crippen LogP contribution in [0.25, 0.3) is 0 Å². The van der Waals surface area contributed by atoms with Crippen molar-refractivity contribution >= 4 is 27.3 Å². The van der Waals surface area contributed by atoms with Crippen LogP contribution in [-0.2, 0) is 10.0 Å². The number of benzene rings is 2. The lowest BCUT2D eigenvalue weighted by atomic mass is 10.2. The third-order valence-electron chi connectivity index (χ3n) is 3.79. The van der Waals surface area contributed by atoms with E-state index in [1.165, 1.54) is 24.7 Å². The lowest BCUT2D eigenvalue weighted by Crippen LogP contribution is -2.16. The number of carbonyl (C=O) groups excluding carboxylic acids is 1. The number of sulfonamides is 1. The summed E-state index contributed by atoms with van der Waals surface area (Å²) in [6.07, 6.45) is 2.71. The molecule has 26 heavy (non-hydrogen) atoms. The van der Waals surface area contributed by atoms with Gasteiger partial charge in [-0.3, -0.25) is 9.52 Å². The van der Waals surface area contributed by atoms with Crippen LogP contribution in [0.3, 0.4) is 0 Å². The van der Waals surface area contributed by atoms with Crippen LogP contribution >= 0.6 is 0 Å². The Labute approximate surface area is 151 Å². The van der Waals surface area contributed by atoms with Gasteiger partial charge in [0.15, 0.2) is 0 Å². The highest BCUT2D eigenvalue weighted by Gasteiger charge is 2.18. The Morgan fingerprint density at radius 2 is 1.81 bits per heavy atom. The van der Waals surface area contributed by atoms with Gasteiger partial charge in [0, 0.05) is 11.4 Å². The van der Waals surface area contributed by atoms with Gasteiger partial charge < -0.3 is 9.73 Å². The standard InChI is InChI=1S/C19H18N2O4S/c1-13-4-3-5-17(10-13)21-26(23,24)18-11-16(7-6-14(18)2)20-19(22)15-8-9-25-12-15/h3-12,21H,1-2H3,(H,20,22). The minimum atomic E-state index is -3.79. The van der Waals surface area contributed by atoms with E-state index in [9.17, 15) is 13.2 Å². The van der Waals surface area contributed by atoms with Crippen molar-refractivity contribution in [2.45, 2.75) is 18.7 Å². The van der Waals surface area contributed by atoms with Gasteiger partial charge in [0.2, 0.25) is 0 Å². The molecule has 134 valence electrons. The summed E-state index contributed by atoms with van der Waals surface area (Å²) < 4.78 is 33.0. The van der Waals surface area contributed by atoms with Crippen LogP contribution in [0.15, 0.2) is 70.4 Å². The molecule has 2 N–H and O–H groups in total. The predicted molar refractivity (Wildman–Crippen MR) is 99.8 cm³/mol. The van der Waals surface area contributed by atoms with E-state index in [1.54, 1.807) is 37.3 Å². The fraction of sp³-hybridized carbons (Fsp3) is 0.105. The zero-order valence-corrected chi connectivity index (χ0v) is 15.1. The molecule has 0 aliphatic carbocycles. The van der Waals surface area contributed by atoms with E-state index in [0.29, 0.717) is 22.5 Å². The molecule has 1 heterocycles. The SMILES string of the molecule is Cc1cccc(NS(=O)(=O)c2cc(NC(=O)c3ccoc3)ccc2C)c1. The molecule has 3 rings (SSSR count). The van der Waals surface area contributed by atoms with Crippen molar-refractivity contribution in [3.8, 4) is 0 Å². The summed E-state index contributed by atoms with van der Waals surface area (Å²) in [6.45, 7) is 3.58. The maximum Gasteiger partial charge on any atom is 0.262 e. The van der Waals surface area contributed by atoms with Crippen LogP contribution in [0.4, 0.5) is 11.4 Å². The molecule has 2 aromatic carbocycles. The number of hydrogen-bond acceptors (Lipinski definition) is 4. The number of anilines is 2. The number of nitrogens with one attached hydrogen (secondary N) is 2. The molecule has 1 amide bonds. The first-order valence-electron chi connectivity index (χ1n) is 7.89. The number of aryl methyl sites for hydroxylation is 2. The summed E-state index contributed by atoms with van der Waals surface area (Å²) in [7, 11) is -3.79. The van der Waals surface area contributed by atoms with Gasteiger partial charge in [0.05, 0.1) is 16.7 Å². The van der Waals surface area contributed by atoms with E-state index < -0.39 is 10.0 Å². The number of hydrogen-bond donors (Lipinski definition) is 2. The third-order valence-corrected chi connectivity index (χ3v) is 5.31. The Hall–Kier alpha value is -3.06. The molecule has 3 aromatic rings. The van der Waals surface area contributed by atoms with Crippen LogP contribution in [0.1, 0.15) is 21.5 Å². The van der Waals surface area contributed by atoms with Crippen LogP contribution in [-0.4, -0.2) is 14.3 Å². The van der Waals surface area contributed by atoms with Crippen molar-refractivity contribution in [2.75, 3.05) is 10.0 Å². The van der Waals surface area contributed by atoms with Gasteiger partial charge in [0.25, 0.3) is 15.9 Å². The Balaban J connectivity index is 1.88. The van der Waals surface area contributed by atoms with Crippen molar-refractivity contribution in [3.05, 3.63) is 77.7 Å². The second-order valence-corrected chi connectivity index (χ2v) is 7.57. The normalized spacial score (nSPS) is 11.2. The topological polar surface area (TPSA) is 88.4 Å². The minimum Gasteiger partial charge on any atom is -0.472 e. The van der Waals surface area contributed by atoms with Crippen molar-refractivity contribution in [2.24, 2.45) is 0 Å². The van der Waals surface area contributed by atoms with Crippen LogP contribution < -0.4 is 10.0 Å². The Kier molecular flexibility index (Phi) is 4.81. The first-order chi connectivity index (χ1) is 12.3. The lowest BCUT2D eigenvalue weighted by Gasteiger charge is -2.13. The van der Waals surface area contributed by atoms with E-state index >= 15 is 0 Å². The van der Waals surface area contributed by atoms with E-state index in [4.69, 9.17) is 4.42 Å². The van der Waals surface area contributed by atoms with E-state index in [1.807, 2.05) is 13.0 Å². The second-order valence-electron chi connectivity index (χ2n) is 5.92. The van der Waals surface area contributed by atoms with Gasteiger partial charge in [-0.15, -0.1) is 0 Å². The van der Waals surface area contributed by atoms with Crippen LogP contribution in [0.5, 0.6) is 0 Å². The minimum absolute atomic E-state index is 0.101. The summed E-state index contributed by atoms with van der Waals surface area (Å²) in [5.74, 6) is -0.377. The first-order valence-corrected chi connectivity index (χ1v) is 9.37. The highest BCUT2D eigenvalue weighted by Crippen LogP contribution is 2.23. The average molecular weight is 370 g/mol. The molecule has 0 radical (unpaired) electrons. The molecule has 7 heteroatoms. The second kappa shape index (κ2) is 7.05. The molecule has 0 aliphatic rings. The molecule has 0 fully saturated rings. The van der Waals surface area contributed by atoms with Gasteiger partial charge in [-0.1, -0.05) is 18.2 Å². The quantitative estimate of drug-likeness (QED) is 0.712. The van der Waals surface area contributed by atoms with E-state index in [-0.39, 0.29) is 10.8 Å². The maximum absolute atomic E-state index is 12.8. The smallest absolute Gasteiger partial charge is 0.262 e. The first kappa shape index (κ1) is 17.8. The molecular weight excluding hydrogens is 352 g/mol. The predicted octanol–water partition coefficient (Wildman–Crippen LogP) is 3.95. The van der Waals surface area contributed by atoms with E-state index in [2.05, 4.69) is 10.0 Å². The number of furan rings is 1. The molecule has 0 unspecified atom stereocenters. The molecule has 0 atom stereocenters. The molecule has 0 spiro atoms. The third kappa shape index (κ3) is 3.94. The van der Waals surface area contributed by atoms with Crippen molar-refractivity contribution in [3.63, 3.8) is 0 Å². The summed E-state index contributed by atoms with van der Waals surface area (Å²) >= 11 is 0. The molecule has 0 saturated heterocycles. The Morgan fingerprint density at radius 3 is 2.50 bits per heavy atom. The number of amides is 1. The highest BCUT2D eigenvalue weighted by molar-refractivity contribution is 7.92. The molecular formula is C19H18N2O4S. The molecule has 0 saturated carbocycles. The molecule has 1 aromatic heterocycles. The van der Waals surface area contributed by atoms with Gasteiger partial charge in [0.1, 0.15) is 6.26 Å². The summed E-state index contributed by atoms with van der Waals surface area (Å²) in [4.78, 5) is 12.2. The zero-order chi connectivity index (χ0) is 18.7. The fourth-order valence-corrected chi connectivity index (χ4v) is 3.80. The van der Waals surface area contributed by atoms with Gasteiger partial charge in [-0.05, 0) is 55.3 Å². The van der Waals surface area contributed by atoms with Crippen molar-refractivity contribution in [1.29, 1.82) is 0 Å². The lowest BCUT2D eigenvalue weighted by molar-refractivity contribution is 0.102. The molecule has 0 bridgehead atoms. The Morgan fingerprint density at radius 1 is 1.00 bits per heavy atom. The van der Waals surface area contributed by atoms with Crippen molar-refractivity contribution in [1.82, 2.24) is 0 Å². The molecule has 0 aliphatic heterocycles. The Bertz CT molecular complexity index is 1040. The fourth-order valence-electron chi connectivity index (χ4n) is 2.48. The average Bonchev–Trinajstić information content (AvgIpc) is 3.10. The summed E-state index contributed by atoms with van der Waals surface area (Å²) in [6, 6.07) is 13.4.